The predicted octanol–water partition coefficient (Wildman–Crippen LogP) is 0.755. The zero-order valence-electron chi connectivity index (χ0n) is 7.94. The van der Waals surface area contributed by atoms with Crippen LogP contribution in [0.25, 0.3) is 0 Å². The molecule has 0 radical (unpaired) electrons. The van der Waals surface area contributed by atoms with Crippen LogP contribution in [0.3, 0.4) is 0 Å². The normalized spacial score (nSPS) is 16.7. The Morgan fingerprint density at radius 2 is 1.93 bits per heavy atom. The van der Waals surface area contributed by atoms with E-state index in [1.54, 1.807) is 18.2 Å². The van der Waals surface area contributed by atoms with Crippen molar-refractivity contribution in [1.29, 1.82) is 0 Å². The third-order valence-electron chi connectivity index (χ3n) is 1.68. The summed E-state index contributed by atoms with van der Waals surface area (Å²) < 4.78 is 8.95. The molecule has 4 nitrogen and oxygen atoms in total. The lowest BCUT2D eigenvalue weighted by molar-refractivity contribution is -0.136. The highest BCUT2D eigenvalue weighted by atomic mass is 16.5. The van der Waals surface area contributed by atoms with Crippen molar-refractivity contribution in [2.45, 2.75) is 0 Å². The van der Waals surface area contributed by atoms with Gasteiger partial charge in [-0.15, -0.1) is 0 Å². The van der Waals surface area contributed by atoms with Crippen LogP contribution < -0.4 is 0 Å². The Bertz CT molecular complexity index is 347. The molecule has 0 N–H and O–H groups in total. The maximum absolute atomic E-state index is 11.0. The quantitative estimate of drug-likeness (QED) is 0.481. The molecule has 0 aromatic heterocycles. The number of carbonyl (C=O) groups is 2. The number of carbonyl (C=O) groups excluding carboxylic acids is 2. The maximum Gasteiger partial charge on any atom is 0.337 e. The Kier molecular flexibility index (Phi) is 3.23. The van der Waals surface area contributed by atoms with Crippen LogP contribution in [0.15, 0.2) is 35.5 Å². The number of esters is 2. The van der Waals surface area contributed by atoms with Gasteiger partial charge in [-0.2, -0.15) is 0 Å². The molecule has 0 aromatic rings. The predicted molar refractivity (Wildman–Crippen MR) is 49.3 cm³/mol. The van der Waals surface area contributed by atoms with Gasteiger partial charge < -0.3 is 9.47 Å². The van der Waals surface area contributed by atoms with E-state index >= 15 is 0 Å². The summed E-state index contributed by atoms with van der Waals surface area (Å²) in [7, 11) is 2.60. The number of hydrogen-bond donors (Lipinski definition) is 0. The van der Waals surface area contributed by atoms with Gasteiger partial charge in [0, 0.05) is 6.08 Å². The van der Waals surface area contributed by atoms with E-state index < -0.39 is 11.9 Å². The van der Waals surface area contributed by atoms with Gasteiger partial charge in [-0.25, -0.2) is 9.59 Å². The van der Waals surface area contributed by atoms with Crippen LogP contribution in [-0.4, -0.2) is 26.2 Å². The van der Waals surface area contributed by atoms with Gasteiger partial charge in [0.05, 0.1) is 19.8 Å². The van der Waals surface area contributed by atoms with Crippen LogP contribution in [0.4, 0.5) is 0 Å². The van der Waals surface area contributed by atoms with Crippen molar-refractivity contribution in [2.75, 3.05) is 14.2 Å². The summed E-state index contributed by atoms with van der Waals surface area (Å²) in [5, 5.41) is 0. The first-order valence-electron chi connectivity index (χ1n) is 3.95. The van der Waals surface area contributed by atoms with Gasteiger partial charge in [0.2, 0.25) is 0 Å². The summed E-state index contributed by atoms with van der Waals surface area (Å²) in [6.07, 6.45) is 6.08. The molecule has 1 aliphatic rings. The highest BCUT2D eigenvalue weighted by molar-refractivity contribution is 5.95. The van der Waals surface area contributed by atoms with E-state index in [0.29, 0.717) is 11.1 Å². The van der Waals surface area contributed by atoms with Crippen molar-refractivity contribution in [2.24, 2.45) is 0 Å². The van der Waals surface area contributed by atoms with Gasteiger partial charge in [-0.3, -0.25) is 0 Å². The first kappa shape index (κ1) is 10.2. The standard InChI is InChI=1S/C10H10O4/c1-13-9(11)6-7-3-4-8(5-7)10(12)14-2/h3-6H,1-2H3. The average molecular weight is 194 g/mol. The van der Waals surface area contributed by atoms with Crippen molar-refractivity contribution >= 4 is 11.9 Å². The number of hydrogen-bond acceptors (Lipinski definition) is 4. The van der Waals surface area contributed by atoms with Crippen LogP contribution >= 0.6 is 0 Å². The molecule has 0 unspecified atom stereocenters. The molecule has 4 heteroatoms. The Balaban J connectivity index is 2.78. The van der Waals surface area contributed by atoms with Crippen LogP contribution in [-0.2, 0) is 19.1 Å². The van der Waals surface area contributed by atoms with E-state index in [1.165, 1.54) is 20.3 Å². The van der Waals surface area contributed by atoms with Crippen LogP contribution in [0.5, 0.6) is 0 Å². The summed E-state index contributed by atoms with van der Waals surface area (Å²) in [6.45, 7) is 0. The monoisotopic (exact) mass is 194 g/mol. The maximum atomic E-state index is 11.0. The summed E-state index contributed by atoms with van der Waals surface area (Å²) in [5.74, 6) is -0.874. The molecular formula is C10H10O4. The number of rotatable bonds is 2. The molecule has 0 aromatic carbocycles. The number of ether oxygens (including phenoxy) is 2. The van der Waals surface area contributed by atoms with Crippen LogP contribution in [0, 0.1) is 0 Å². The van der Waals surface area contributed by atoms with Gasteiger partial charge in [-0.05, 0) is 17.7 Å². The molecule has 0 aliphatic heterocycles. The minimum Gasteiger partial charge on any atom is -0.466 e. The Morgan fingerprint density at radius 3 is 2.50 bits per heavy atom. The van der Waals surface area contributed by atoms with E-state index in [0.717, 1.165) is 0 Å². The van der Waals surface area contributed by atoms with Crippen LogP contribution in [0.2, 0.25) is 0 Å². The molecule has 0 amide bonds. The van der Waals surface area contributed by atoms with Crippen LogP contribution in [0.1, 0.15) is 0 Å². The fraction of sp³-hybridized carbons (Fsp3) is 0.200. The van der Waals surface area contributed by atoms with Crippen molar-refractivity contribution in [3.05, 3.63) is 35.5 Å². The molecule has 1 aliphatic carbocycles. The van der Waals surface area contributed by atoms with Crippen molar-refractivity contribution in [3.63, 3.8) is 0 Å². The summed E-state index contributed by atoms with van der Waals surface area (Å²) in [5.41, 5.74) is 1.04. The molecule has 74 valence electrons. The molecule has 0 atom stereocenters. The van der Waals surface area contributed by atoms with E-state index in [2.05, 4.69) is 9.47 Å². The van der Waals surface area contributed by atoms with Crippen molar-refractivity contribution in [1.82, 2.24) is 0 Å². The average Bonchev–Trinajstić information content (AvgIpc) is 2.65. The second kappa shape index (κ2) is 4.41. The lowest BCUT2D eigenvalue weighted by Crippen LogP contribution is -2.00. The minimum atomic E-state index is -0.452. The molecule has 0 heterocycles. The lowest BCUT2D eigenvalue weighted by Gasteiger charge is -1.94. The molecule has 0 fully saturated rings. The zero-order valence-corrected chi connectivity index (χ0v) is 7.94. The first-order valence-corrected chi connectivity index (χ1v) is 3.95. The molecule has 0 bridgehead atoms. The number of methoxy groups -OCH3 is 2. The Labute approximate surface area is 81.5 Å². The first-order chi connectivity index (χ1) is 6.67. The molecule has 0 saturated heterocycles. The molecule has 1 rings (SSSR count). The third kappa shape index (κ3) is 2.32. The number of allylic oxidation sites excluding steroid dienone is 3. The molecule has 0 saturated carbocycles. The zero-order chi connectivity index (χ0) is 10.6. The topological polar surface area (TPSA) is 52.6 Å². The van der Waals surface area contributed by atoms with Crippen molar-refractivity contribution in [3.8, 4) is 0 Å². The Morgan fingerprint density at radius 1 is 1.21 bits per heavy atom. The largest absolute Gasteiger partial charge is 0.466 e. The lowest BCUT2D eigenvalue weighted by atomic mass is 10.2. The fourth-order valence-corrected chi connectivity index (χ4v) is 0.991. The SMILES string of the molecule is COC(=O)C=C1C=CC(C(=O)OC)=C1. The van der Waals surface area contributed by atoms with E-state index in [1.807, 2.05) is 0 Å². The van der Waals surface area contributed by atoms with E-state index in [4.69, 9.17) is 0 Å². The summed E-state index contributed by atoms with van der Waals surface area (Å²) >= 11 is 0. The molecule has 14 heavy (non-hydrogen) atoms. The van der Waals surface area contributed by atoms with Gasteiger partial charge in [0.15, 0.2) is 0 Å². The van der Waals surface area contributed by atoms with Gasteiger partial charge in [0.1, 0.15) is 0 Å². The summed E-state index contributed by atoms with van der Waals surface area (Å²) in [4.78, 5) is 21.9. The minimum absolute atomic E-state index is 0.419. The third-order valence-corrected chi connectivity index (χ3v) is 1.68. The van der Waals surface area contributed by atoms with Gasteiger partial charge in [0.25, 0.3) is 0 Å². The summed E-state index contributed by atoms with van der Waals surface area (Å²) in [6, 6.07) is 0. The smallest absolute Gasteiger partial charge is 0.337 e. The highest BCUT2D eigenvalue weighted by Crippen LogP contribution is 2.15. The molecular weight excluding hydrogens is 184 g/mol. The second-order valence-corrected chi connectivity index (χ2v) is 2.59. The van der Waals surface area contributed by atoms with Gasteiger partial charge >= 0.3 is 11.9 Å². The van der Waals surface area contributed by atoms with Gasteiger partial charge in [-0.1, -0.05) is 6.08 Å². The van der Waals surface area contributed by atoms with Crippen molar-refractivity contribution < 1.29 is 19.1 Å². The molecule has 0 spiro atoms. The van der Waals surface area contributed by atoms with E-state index in [9.17, 15) is 9.59 Å². The van der Waals surface area contributed by atoms with E-state index in [-0.39, 0.29) is 0 Å². The highest BCUT2D eigenvalue weighted by Gasteiger charge is 2.11. The Hall–Kier alpha value is -1.84. The second-order valence-electron chi connectivity index (χ2n) is 2.59. The fourth-order valence-electron chi connectivity index (χ4n) is 0.991.